The number of ether oxygens (including phenoxy) is 1. The number of likely N-dealkylation sites (tertiary alicyclic amines) is 1. The Morgan fingerprint density at radius 1 is 1.00 bits per heavy atom. The summed E-state index contributed by atoms with van der Waals surface area (Å²) in [6.07, 6.45) is 2.64. The van der Waals surface area contributed by atoms with E-state index < -0.39 is 17.7 Å². The molecule has 3 aromatic carbocycles. The molecular formula is C31H30N2O4. The molecule has 2 heterocycles. The molecule has 0 saturated carbocycles. The van der Waals surface area contributed by atoms with E-state index in [0.717, 1.165) is 27.6 Å². The Balaban J connectivity index is 1.56. The van der Waals surface area contributed by atoms with Gasteiger partial charge in [-0.1, -0.05) is 55.5 Å². The van der Waals surface area contributed by atoms with E-state index in [1.807, 2.05) is 86.3 Å². The zero-order valence-corrected chi connectivity index (χ0v) is 21.3. The van der Waals surface area contributed by atoms with Gasteiger partial charge in [-0.25, -0.2) is 0 Å². The average Bonchev–Trinajstić information content (AvgIpc) is 3.37. The summed E-state index contributed by atoms with van der Waals surface area (Å²) in [7, 11) is 1.94. The number of carbonyl (C=O) groups is 2. The van der Waals surface area contributed by atoms with Gasteiger partial charge < -0.3 is 19.3 Å². The molecule has 1 aliphatic heterocycles. The van der Waals surface area contributed by atoms with Crippen LogP contribution in [0.1, 0.15) is 41.6 Å². The number of aliphatic hydroxyl groups is 1. The molecule has 37 heavy (non-hydrogen) atoms. The third kappa shape index (κ3) is 4.40. The highest BCUT2D eigenvalue weighted by molar-refractivity contribution is 6.46. The number of rotatable bonds is 7. The van der Waals surface area contributed by atoms with Crippen LogP contribution in [0.3, 0.4) is 0 Å². The molecule has 1 aliphatic rings. The van der Waals surface area contributed by atoms with Crippen LogP contribution in [0.5, 0.6) is 5.75 Å². The molecule has 0 bridgehead atoms. The van der Waals surface area contributed by atoms with Crippen LogP contribution in [-0.2, 0) is 23.2 Å². The number of aryl methyl sites for hydroxylation is 2. The zero-order valence-electron chi connectivity index (χ0n) is 21.3. The Labute approximate surface area is 216 Å². The lowest BCUT2D eigenvalue weighted by Gasteiger charge is -2.24. The number of aliphatic hydroxyl groups excluding tert-OH is 1. The second-order valence-corrected chi connectivity index (χ2v) is 9.46. The Morgan fingerprint density at radius 3 is 2.46 bits per heavy atom. The molecule has 188 valence electrons. The number of nitrogens with zero attached hydrogens (tertiary/aromatic N) is 2. The van der Waals surface area contributed by atoms with E-state index in [4.69, 9.17) is 4.74 Å². The van der Waals surface area contributed by atoms with Crippen molar-refractivity contribution in [2.75, 3.05) is 6.54 Å². The summed E-state index contributed by atoms with van der Waals surface area (Å²) >= 11 is 0. The maximum atomic E-state index is 13.3. The smallest absolute Gasteiger partial charge is 0.295 e. The summed E-state index contributed by atoms with van der Waals surface area (Å²) in [6, 6.07) is 22.4. The molecule has 1 saturated heterocycles. The normalized spacial score (nSPS) is 17.1. The zero-order chi connectivity index (χ0) is 26.1. The number of aromatic nitrogens is 1. The van der Waals surface area contributed by atoms with Crippen LogP contribution in [0.4, 0.5) is 0 Å². The fraction of sp³-hybridized carbons (Fsp3) is 0.226. The summed E-state index contributed by atoms with van der Waals surface area (Å²) in [5.74, 6) is -0.725. The third-order valence-corrected chi connectivity index (χ3v) is 6.91. The van der Waals surface area contributed by atoms with Gasteiger partial charge in [-0.15, -0.1) is 0 Å². The van der Waals surface area contributed by atoms with Gasteiger partial charge in [0.25, 0.3) is 11.7 Å². The predicted molar refractivity (Wildman–Crippen MR) is 144 cm³/mol. The minimum Gasteiger partial charge on any atom is -0.507 e. The molecule has 1 unspecified atom stereocenters. The van der Waals surface area contributed by atoms with E-state index in [1.54, 1.807) is 23.1 Å². The second-order valence-electron chi connectivity index (χ2n) is 9.46. The number of amides is 1. The number of benzene rings is 3. The fourth-order valence-corrected chi connectivity index (χ4v) is 5.12. The average molecular weight is 495 g/mol. The molecule has 1 atom stereocenters. The molecule has 1 N–H and O–H groups in total. The first-order chi connectivity index (χ1) is 17.9. The Kier molecular flexibility index (Phi) is 6.57. The third-order valence-electron chi connectivity index (χ3n) is 6.91. The summed E-state index contributed by atoms with van der Waals surface area (Å²) in [6.45, 7) is 4.71. The number of carbonyl (C=O) groups excluding carboxylic acids is 2. The molecule has 1 aromatic heterocycles. The summed E-state index contributed by atoms with van der Waals surface area (Å²) < 4.78 is 7.97. The van der Waals surface area contributed by atoms with E-state index in [1.165, 1.54) is 0 Å². The van der Waals surface area contributed by atoms with Crippen LogP contribution in [-0.4, -0.2) is 32.8 Å². The van der Waals surface area contributed by atoms with Gasteiger partial charge in [0, 0.05) is 41.8 Å². The number of hydrogen-bond donors (Lipinski definition) is 1. The van der Waals surface area contributed by atoms with E-state index in [-0.39, 0.29) is 11.3 Å². The Hall–Kier alpha value is -4.32. The van der Waals surface area contributed by atoms with Crippen LogP contribution in [0.2, 0.25) is 0 Å². The lowest BCUT2D eigenvalue weighted by molar-refractivity contribution is -0.139. The first-order valence-corrected chi connectivity index (χ1v) is 12.5. The minimum atomic E-state index is -0.666. The monoisotopic (exact) mass is 494 g/mol. The molecule has 0 spiro atoms. The number of ketones is 1. The van der Waals surface area contributed by atoms with Gasteiger partial charge in [-0.05, 0) is 48.7 Å². The maximum absolute atomic E-state index is 13.3. The number of fused-ring (bicyclic) bond motifs is 1. The van der Waals surface area contributed by atoms with Gasteiger partial charge in [0.1, 0.15) is 18.1 Å². The Bertz CT molecular complexity index is 1520. The van der Waals surface area contributed by atoms with Crippen molar-refractivity contribution >= 4 is 28.4 Å². The largest absolute Gasteiger partial charge is 0.507 e. The lowest BCUT2D eigenvalue weighted by atomic mass is 9.94. The van der Waals surface area contributed by atoms with Crippen LogP contribution < -0.4 is 4.74 Å². The topological polar surface area (TPSA) is 71.8 Å². The standard InChI is InChI=1S/C31H30N2O4/c1-4-16-33-28(24-18-32(3)25-13-9-8-12-23(24)25)27(30(35)31(33)36)29(34)22-14-15-26(20(2)17-22)37-19-21-10-6-5-7-11-21/h5-15,17-18,28,34H,4,16,19H2,1-3H3/b29-27+. The molecule has 0 aliphatic carbocycles. The first kappa shape index (κ1) is 24.4. The summed E-state index contributed by atoms with van der Waals surface area (Å²) in [5, 5.41) is 12.4. The van der Waals surface area contributed by atoms with Crippen LogP contribution >= 0.6 is 0 Å². The van der Waals surface area contributed by atoms with E-state index in [2.05, 4.69) is 0 Å². The van der Waals surface area contributed by atoms with E-state index in [0.29, 0.717) is 30.9 Å². The van der Waals surface area contributed by atoms with Gasteiger partial charge in [-0.3, -0.25) is 9.59 Å². The molecule has 5 rings (SSSR count). The van der Waals surface area contributed by atoms with Crippen molar-refractivity contribution in [1.29, 1.82) is 0 Å². The predicted octanol–water partition coefficient (Wildman–Crippen LogP) is 5.90. The molecule has 0 radical (unpaired) electrons. The maximum Gasteiger partial charge on any atom is 0.295 e. The van der Waals surface area contributed by atoms with Gasteiger partial charge >= 0.3 is 0 Å². The number of para-hydroxylation sites is 1. The Morgan fingerprint density at radius 2 is 1.73 bits per heavy atom. The number of hydrogen-bond acceptors (Lipinski definition) is 4. The van der Waals surface area contributed by atoms with Crippen molar-refractivity contribution < 1.29 is 19.4 Å². The van der Waals surface area contributed by atoms with Crippen molar-refractivity contribution in [1.82, 2.24) is 9.47 Å². The number of Topliss-reactive ketones (excluding diaryl/α,β-unsaturated/α-hetero) is 1. The first-order valence-electron chi connectivity index (χ1n) is 12.5. The van der Waals surface area contributed by atoms with Crippen LogP contribution in [0, 0.1) is 6.92 Å². The van der Waals surface area contributed by atoms with Gasteiger partial charge in [-0.2, -0.15) is 0 Å². The summed E-state index contributed by atoms with van der Waals surface area (Å²) in [5.41, 5.74) is 4.29. The molecule has 1 fully saturated rings. The molecular weight excluding hydrogens is 464 g/mol. The lowest BCUT2D eigenvalue weighted by Crippen LogP contribution is -2.30. The summed E-state index contributed by atoms with van der Waals surface area (Å²) in [4.78, 5) is 28.0. The van der Waals surface area contributed by atoms with Crippen LogP contribution in [0.15, 0.2) is 84.6 Å². The second kappa shape index (κ2) is 9.97. The van der Waals surface area contributed by atoms with Crippen molar-refractivity contribution in [3.05, 3.63) is 107 Å². The van der Waals surface area contributed by atoms with Crippen molar-refractivity contribution in [2.24, 2.45) is 7.05 Å². The quantitative estimate of drug-likeness (QED) is 0.197. The van der Waals surface area contributed by atoms with Crippen molar-refractivity contribution in [2.45, 2.75) is 32.9 Å². The SMILES string of the molecule is CCCN1C(=O)C(=O)/C(=C(/O)c2ccc(OCc3ccccc3)c(C)c2)C1c1cn(C)c2ccccc12. The molecule has 1 amide bonds. The molecule has 4 aromatic rings. The highest BCUT2D eigenvalue weighted by atomic mass is 16.5. The highest BCUT2D eigenvalue weighted by Crippen LogP contribution is 2.42. The van der Waals surface area contributed by atoms with Gasteiger partial charge in [0.05, 0.1) is 11.6 Å². The molecule has 6 heteroatoms. The van der Waals surface area contributed by atoms with Crippen LogP contribution in [0.25, 0.3) is 16.7 Å². The molecule has 6 nitrogen and oxygen atoms in total. The van der Waals surface area contributed by atoms with Gasteiger partial charge in [0.15, 0.2) is 0 Å². The fourth-order valence-electron chi connectivity index (χ4n) is 5.12. The minimum absolute atomic E-state index is 0.118. The van der Waals surface area contributed by atoms with E-state index in [9.17, 15) is 14.7 Å². The van der Waals surface area contributed by atoms with Crippen molar-refractivity contribution in [3.63, 3.8) is 0 Å². The van der Waals surface area contributed by atoms with Crippen molar-refractivity contribution in [3.8, 4) is 5.75 Å². The highest BCUT2D eigenvalue weighted by Gasteiger charge is 2.46. The van der Waals surface area contributed by atoms with Gasteiger partial charge in [0.2, 0.25) is 0 Å². The van der Waals surface area contributed by atoms with E-state index >= 15 is 0 Å².